The molecule has 0 bridgehead atoms. The Bertz CT molecular complexity index is 401. The van der Waals surface area contributed by atoms with Gasteiger partial charge in [0.25, 0.3) is 0 Å². The van der Waals surface area contributed by atoms with Crippen molar-refractivity contribution < 1.29 is 9.84 Å². The maximum absolute atomic E-state index is 10.5. The first-order chi connectivity index (χ1) is 11.2. The van der Waals surface area contributed by atoms with Crippen molar-refractivity contribution in [3.05, 3.63) is 0 Å². The summed E-state index contributed by atoms with van der Waals surface area (Å²) in [7, 11) is 1.84. The number of ether oxygens (including phenoxy) is 1. The SMILES string of the molecule is CN=C(NCC1(O)CCCC1)N1CCN(CC2CCOC2)CC1.I. The van der Waals surface area contributed by atoms with E-state index in [0.717, 1.165) is 77.0 Å². The molecule has 3 fully saturated rings. The summed E-state index contributed by atoms with van der Waals surface area (Å²) in [5.41, 5.74) is -0.528. The lowest BCUT2D eigenvalue weighted by atomic mass is 10.0. The van der Waals surface area contributed by atoms with E-state index >= 15 is 0 Å². The normalized spacial score (nSPS) is 28.0. The molecule has 2 N–H and O–H groups in total. The van der Waals surface area contributed by atoms with Crippen LogP contribution in [-0.4, -0.2) is 86.0 Å². The van der Waals surface area contributed by atoms with E-state index in [-0.39, 0.29) is 24.0 Å². The van der Waals surface area contributed by atoms with Gasteiger partial charge in [0.2, 0.25) is 0 Å². The first-order valence-electron chi connectivity index (χ1n) is 9.17. The predicted molar refractivity (Wildman–Crippen MR) is 107 cm³/mol. The number of guanidine groups is 1. The van der Waals surface area contributed by atoms with Crippen LogP contribution >= 0.6 is 24.0 Å². The molecule has 1 atom stereocenters. The van der Waals surface area contributed by atoms with E-state index in [9.17, 15) is 5.11 Å². The minimum atomic E-state index is -0.528. The van der Waals surface area contributed by atoms with Crippen LogP contribution in [0, 0.1) is 5.92 Å². The Morgan fingerprint density at radius 3 is 2.54 bits per heavy atom. The molecule has 0 spiro atoms. The van der Waals surface area contributed by atoms with Gasteiger partial charge in [0.15, 0.2) is 5.96 Å². The van der Waals surface area contributed by atoms with E-state index in [1.165, 1.54) is 13.0 Å². The van der Waals surface area contributed by atoms with Crippen molar-refractivity contribution in [1.29, 1.82) is 0 Å². The molecule has 140 valence electrons. The predicted octanol–water partition coefficient (Wildman–Crippen LogP) is 1.14. The van der Waals surface area contributed by atoms with E-state index in [0.29, 0.717) is 6.54 Å². The summed E-state index contributed by atoms with van der Waals surface area (Å²) >= 11 is 0. The zero-order valence-electron chi connectivity index (χ0n) is 14.9. The molecule has 2 saturated heterocycles. The molecule has 1 saturated carbocycles. The Morgan fingerprint density at radius 1 is 1.25 bits per heavy atom. The average molecular weight is 452 g/mol. The van der Waals surface area contributed by atoms with Crippen LogP contribution in [0.5, 0.6) is 0 Å². The Kier molecular flexibility index (Phi) is 8.03. The summed E-state index contributed by atoms with van der Waals surface area (Å²) < 4.78 is 5.48. The van der Waals surface area contributed by atoms with Crippen LogP contribution in [0.3, 0.4) is 0 Å². The van der Waals surface area contributed by atoms with Gasteiger partial charge in [-0.1, -0.05) is 12.8 Å². The van der Waals surface area contributed by atoms with E-state index in [1.807, 2.05) is 7.05 Å². The number of hydrogen-bond acceptors (Lipinski definition) is 4. The van der Waals surface area contributed by atoms with E-state index in [4.69, 9.17) is 4.74 Å². The highest BCUT2D eigenvalue weighted by Gasteiger charge is 2.32. The Hall–Kier alpha value is -0.120. The fourth-order valence-corrected chi connectivity index (χ4v) is 4.02. The molecule has 1 aliphatic carbocycles. The molecule has 24 heavy (non-hydrogen) atoms. The molecule has 2 heterocycles. The minimum Gasteiger partial charge on any atom is -0.388 e. The van der Waals surface area contributed by atoms with E-state index in [1.54, 1.807) is 0 Å². The number of piperazine rings is 1. The zero-order chi connectivity index (χ0) is 16.1. The van der Waals surface area contributed by atoms with Crippen LogP contribution in [0.15, 0.2) is 4.99 Å². The van der Waals surface area contributed by atoms with Gasteiger partial charge in [0.05, 0.1) is 12.2 Å². The number of nitrogens with zero attached hydrogens (tertiary/aromatic N) is 3. The molecule has 0 amide bonds. The Balaban J connectivity index is 0.00000208. The highest BCUT2D eigenvalue weighted by molar-refractivity contribution is 14.0. The number of aliphatic imine (C=N–C) groups is 1. The van der Waals surface area contributed by atoms with Crippen molar-refractivity contribution in [2.45, 2.75) is 37.7 Å². The number of rotatable bonds is 4. The van der Waals surface area contributed by atoms with Gasteiger partial charge in [-0.15, -0.1) is 24.0 Å². The topological polar surface area (TPSA) is 60.3 Å². The van der Waals surface area contributed by atoms with Gasteiger partial charge < -0.3 is 20.1 Å². The monoisotopic (exact) mass is 452 g/mol. The van der Waals surface area contributed by atoms with Crippen LogP contribution in [0.2, 0.25) is 0 Å². The number of halogens is 1. The quantitative estimate of drug-likeness (QED) is 0.381. The van der Waals surface area contributed by atoms with Crippen LogP contribution in [0.25, 0.3) is 0 Å². The lowest BCUT2D eigenvalue weighted by Gasteiger charge is -2.38. The fourth-order valence-electron chi connectivity index (χ4n) is 4.02. The summed E-state index contributed by atoms with van der Waals surface area (Å²) in [5.74, 6) is 1.66. The van der Waals surface area contributed by atoms with Crippen molar-refractivity contribution in [3.8, 4) is 0 Å². The lowest BCUT2D eigenvalue weighted by Crippen LogP contribution is -2.55. The second-order valence-corrected chi connectivity index (χ2v) is 7.35. The maximum Gasteiger partial charge on any atom is 0.193 e. The van der Waals surface area contributed by atoms with E-state index in [2.05, 4.69) is 20.1 Å². The van der Waals surface area contributed by atoms with Crippen LogP contribution in [0.1, 0.15) is 32.1 Å². The molecule has 2 aliphatic heterocycles. The maximum atomic E-state index is 10.5. The Morgan fingerprint density at radius 2 is 1.96 bits per heavy atom. The van der Waals surface area contributed by atoms with Gasteiger partial charge in [-0.3, -0.25) is 9.89 Å². The number of nitrogens with one attached hydrogen (secondary N) is 1. The van der Waals surface area contributed by atoms with Gasteiger partial charge in [-0.25, -0.2) is 0 Å². The van der Waals surface area contributed by atoms with Gasteiger partial charge in [-0.2, -0.15) is 0 Å². The molecule has 7 heteroatoms. The first-order valence-corrected chi connectivity index (χ1v) is 9.17. The largest absolute Gasteiger partial charge is 0.388 e. The standard InChI is InChI=1S/C17H32N4O2.HI/c1-18-16(19-14-17(22)5-2-3-6-17)21-9-7-20(8-10-21)12-15-4-11-23-13-15;/h15,22H,2-14H2,1H3,(H,18,19);1H. The smallest absolute Gasteiger partial charge is 0.193 e. The molecule has 3 aliphatic rings. The van der Waals surface area contributed by atoms with Crippen molar-refractivity contribution in [3.63, 3.8) is 0 Å². The van der Waals surface area contributed by atoms with Gasteiger partial charge in [0.1, 0.15) is 0 Å². The molecular formula is C17H33IN4O2. The van der Waals surface area contributed by atoms with Crippen molar-refractivity contribution in [2.75, 3.05) is 59.5 Å². The van der Waals surface area contributed by atoms with Crippen LogP contribution < -0.4 is 5.32 Å². The minimum absolute atomic E-state index is 0. The second kappa shape index (κ2) is 9.54. The molecule has 1 unspecified atom stereocenters. The third-order valence-corrected chi connectivity index (χ3v) is 5.53. The van der Waals surface area contributed by atoms with Gasteiger partial charge >= 0.3 is 0 Å². The molecule has 0 aromatic heterocycles. The summed E-state index contributed by atoms with van der Waals surface area (Å²) in [5, 5.41) is 13.9. The molecular weight excluding hydrogens is 419 g/mol. The third kappa shape index (κ3) is 5.44. The first kappa shape index (κ1) is 20.2. The molecule has 0 aromatic carbocycles. The molecule has 6 nitrogen and oxygen atoms in total. The molecule has 0 radical (unpaired) electrons. The van der Waals surface area contributed by atoms with E-state index < -0.39 is 5.60 Å². The summed E-state index contributed by atoms with van der Waals surface area (Å²) in [6, 6.07) is 0. The van der Waals surface area contributed by atoms with Crippen LogP contribution in [-0.2, 0) is 4.74 Å². The summed E-state index contributed by atoms with van der Waals surface area (Å²) in [6.45, 7) is 7.84. The number of hydrogen-bond donors (Lipinski definition) is 2. The number of aliphatic hydroxyl groups is 1. The molecule has 0 aromatic rings. The molecule has 3 rings (SSSR count). The second-order valence-electron chi connectivity index (χ2n) is 7.35. The van der Waals surface area contributed by atoms with Crippen LogP contribution in [0.4, 0.5) is 0 Å². The highest BCUT2D eigenvalue weighted by atomic mass is 127. The average Bonchev–Trinajstić information content (AvgIpc) is 3.22. The Labute approximate surface area is 163 Å². The lowest BCUT2D eigenvalue weighted by molar-refractivity contribution is 0.0510. The van der Waals surface area contributed by atoms with Gasteiger partial charge in [-0.05, 0) is 25.2 Å². The fraction of sp³-hybridized carbons (Fsp3) is 0.941. The third-order valence-electron chi connectivity index (χ3n) is 5.53. The summed E-state index contributed by atoms with van der Waals surface area (Å²) in [6.07, 6.45) is 5.31. The summed E-state index contributed by atoms with van der Waals surface area (Å²) in [4.78, 5) is 9.28. The van der Waals surface area contributed by atoms with Crippen molar-refractivity contribution >= 4 is 29.9 Å². The highest BCUT2D eigenvalue weighted by Crippen LogP contribution is 2.28. The zero-order valence-corrected chi connectivity index (χ0v) is 17.2. The van der Waals surface area contributed by atoms with Gasteiger partial charge in [0, 0.05) is 52.9 Å². The van der Waals surface area contributed by atoms with Crippen molar-refractivity contribution in [1.82, 2.24) is 15.1 Å². The van der Waals surface area contributed by atoms with Crippen molar-refractivity contribution in [2.24, 2.45) is 10.9 Å².